The van der Waals surface area contributed by atoms with Gasteiger partial charge >= 0.3 is 5.97 Å². The van der Waals surface area contributed by atoms with E-state index in [0.29, 0.717) is 22.2 Å². The summed E-state index contributed by atoms with van der Waals surface area (Å²) in [5, 5.41) is 3.19. The maximum atomic E-state index is 12.2. The molecular weight excluding hydrogens is 377 g/mol. The van der Waals surface area contributed by atoms with Gasteiger partial charge in [-0.15, -0.1) is 0 Å². The van der Waals surface area contributed by atoms with Crippen molar-refractivity contribution < 1.29 is 19.1 Å². The van der Waals surface area contributed by atoms with Crippen LogP contribution in [0.15, 0.2) is 42.5 Å². The first-order valence-electron chi connectivity index (χ1n) is 7.98. The van der Waals surface area contributed by atoms with Crippen LogP contribution in [0.25, 0.3) is 0 Å². The van der Waals surface area contributed by atoms with Crippen LogP contribution in [0.1, 0.15) is 18.9 Å². The van der Waals surface area contributed by atoms with Gasteiger partial charge in [0.05, 0.1) is 22.8 Å². The van der Waals surface area contributed by atoms with Crippen molar-refractivity contribution in [3.05, 3.63) is 58.1 Å². The minimum absolute atomic E-state index is 0.130. The molecule has 2 rings (SSSR count). The lowest BCUT2D eigenvalue weighted by molar-refractivity contribution is -0.153. The number of hydrogen-bond donors (Lipinski definition) is 1. The minimum atomic E-state index is -0.979. The molecule has 0 heterocycles. The van der Waals surface area contributed by atoms with Gasteiger partial charge in [-0.1, -0.05) is 47.5 Å². The van der Waals surface area contributed by atoms with Crippen LogP contribution in [0.4, 0.5) is 5.69 Å². The quantitative estimate of drug-likeness (QED) is 0.700. The van der Waals surface area contributed by atoms with E-state index in [1.165, 1.54) is 6.92 Å². The van der Waals surface area contributed by atoms with Crippen LogP contribution in [-0.4, -0.2) is 25.1 Å². The number of anilines is 1. The fourth-order valence-electron chi connectivity index (χ4n) is 2.30. The number of rotatable bonds is 7. The summed E-state index contributed by atoms with van der Waals surface area (Å²) in [7, 11) is 1.57. The van der Waals surface area contributed by atoms with Gasteiger partial charge < -0.3 is 14.8 Å². The molecule has 7 heteroatoms. The number of hydrogen-bond acceptors (Lipinski definition) is 4. The van der Waals surface area contributed by atoms with Crippen LogP contribution < -0.4 is 10.1 Å². The number of halogens is 2. The van der Waals surface area contributed by atoms with Crippen molar-refractivity contribution >= 4 is 40.8 Å². The summed E-state index contributed by atoms with van der Waals surface area (Å²) in [6.45, 7) is 1.49. The fraction of sp³-hybridized carbons (Fsp3) is 0.263. The molecule has 2 aromatic rings. The van der Waals surface area contributed by atoms with Crippen LogP contribution in [0.3, 0.4) is 0 Å². The van der Waals surface area contributed by atoms with Gasteiger partial charge in [-0.25, -0.2) is 0 Å². The lowest BCUT2D eigenvalue weighted by Crippen LogP contribution is -2.30. The van der Waals surface area contributed by atoms with Crippen molar-refractivity contribution in [1.82, 2.24) is 0 Å². The molecule has 1 N–H and O–H groups in total. The Morgan fingerprint density at radius 2 is 1.73 bits per heavy atom. The molecule has 0 saturated carbocycles. The van der Waals surface area contributed by atoms with Gasteiger partial charge in [-0.05, 0) is 37.1 Å². The number of aryl methyl sites for hydroxylation is 1. The Hall–Kier alpha value is -2.24. The summed E-state index contributed by atoms with van der Waals surface area (Å²) in [5.41, 5.74) is 1.18. The molecule has 0 aliphatic carbocycles. The highest BCUT2D eigenvalue weighted by atomic mass is 35.5. The summed E-state index contributed by atoms with van der Waals surface area (Å²) in [6.07, 6.45) is -0.397. The van der Waals surface area contributed by atoms with E-state index < -0.39 is 18.0 Å². The second-order valence-electron chi connectivity index (χ2n) is 5.53. The first kappa shape index (κ1) is 20.1. The van der Waals surface area contributed by atoms with Crippen LogP contribution in [-0.2, 0) is 20.7 Å². The third kappa shape index (κ3) is 5.38. The van der Waals surface area contributed by atoms with E-state index in [9.17, 15) is 9.59 Å². The zero-order valence-electron chi connectivity index (χ0n) is 14.4. The zero-order valence-corrected chi connectivity index (χ0v) is 15.9. The summed E-state index contributed by atoms with van der Waals surface area (Å²) < 4.78 is 10.4. The predicted molar refractivity (Wildman–Crippen MR) is 102 cm³/mol. The maximum Gasteiger partial charge on any atom is 0.306 e. The van der Waals surface area contributed by atoms with E-state index in [0.717, 1.165) is 5.56 Å². The molecule has 0 radical (unpaired) electrons. The Morgan fingerprint density at radius 1 is 1.08 bits per heavy atom. The predicted octanol–water partition coefficient (Wildman–Crippen LogP) is 4.51. The molecule has 26 heavy (non-hydrogen) atoms. The molecule has 0 aliphatic rings. The van der Waals surface area contributed by atoms with E-state index in [1.807, 2.05) is 24.3 Å². The molecule has 0 aromatic heterocycles. The smallest absolute Gasteiger partial charge is 0.306 e. The first-order valence-corrected chi connectivity index (χ1v) is 8.74. The number of ether oxygens (including phenoxy) is 2. The molecular formula is C19H19Cl2NO4. The molecule has 0 saturated heterocycles. The van der Waals surface area contributed by atoms with Crippen molar-refractivity contribution in [3.8, 4) is 5.75 Å². The van der Waals surface area contributed by atoms with Gasteiger partial charge in [-0.3, -0.25) is 9.59 Å². The summed E-state index contributed by atoms with van der Waals surface area (Å²) in [4.78, 5) is 24.2. The normalized spacial score (nSPS) is 11.5. The monoisotopic (exact) mass is 395 g/mol. The summed E-state index contributed by atoms with van der Waals surface area (Å²) >= 11 is 12.0. The van der Waals surface area contributed by atoms with Crippen LogP contribution in [0.2, 0.25) is 10.0 Å². The SMILES string of the molecule is COc1ccccc1CCC(=O)O[C@@H](C)C(=O)Nc1c(Cl)cccc1Cl. The molecule has 5 nitrogen and oxygen atoms in total. The average Bonchev–Trinajstić information content (AvgIpc) is 2.63. The van der Waals surface area contributed by atoms with Gasteiger partial charge in [0, 0.05) is 6.42 Å². The molecule has 0 fully saturated rings. The van der Waals surface area contributed by atoms with E-state index in [-0.39, 0.29) is 12.1 Å². The molecule has 0 spiro atoms. The third-order valence-corrected chi connectivity index (χ3v) is 4.31. The molecule has 0 bridgehead atoms. The molecule has 138 valence electrons. The largest absolute Gasteiger partial charge is 0.496 e. The van der Waals surface area contributed by atoms with Crippen molar-refractivity contribution in [2.75, 3.05) is 12.4 Å². The number of carbonyl (C=O) groups excluding carboxylic acids is 2. The molecule has 0 unspecified atom stereocenters. The Kier molecular flexibility index (Phi) is 7.30. The van der Waals surface area contributed by atoms with E-state index in [1.54, 1.807) is 25.3 Å². The highest BCUT2D eigenvalue weighted by Gasteiger charge is 2.20. The minimum Gasteiger partial charge on any atom is -0.496 e. The summed E-state index contributed by atoms with van der Waals surface area (Å²) in [6, 6.07) is 12.3. The van der Waals surface area contributed by atoms with Crippen LogP contribution in [0.5, 0.6) is 5.75 Å². The highest BCUT2D eigenvalue weighted by Crippen LogP contribution is 2.30. The number of esters is 1. The molecule has 1 atom stereocenters. The van der Waals surface area contributed by atoms with E-state index in [4.69, 9.17) is 32.7 Å². The standard InChI is InChI=1S/C19H19Cl2NO4/c1-12(19(24)22-18-14(20)7-5-8-15(18)21)26-17(23)11-10-13-6-3-4-9-16(13)25-2/h3-9,12H,10-11H2,1-2H3,(H,22,24)/t12-/m0/s1. The first-order chi connectivity index (χ1) is 12.4. The fourth-order valence-corrected chi connectivity index (χ4v) is 2.79. The van der Waals surface area contributed by atoms with Crippen molar-refractivity contribution in [1.29, 1.82) is 0 Å². The van der Waals surface area contributed by atoms with Crippen molar-refractivity contribution in [2.45, 2.75) is 25.9 Å². The van der Waals surface area contributed by atoms with E-state index in [2.05, 4.69) is 5.32 Å². The molecule has 1 amide bonds. The van der Waals surface area contributed by atoms with Crippen molar-refractivity contribution in [2.24, 2.45) is 0 Å². The van der Waals surface area contributed by atoms with Gasteiger partial charge in [0.1, 0.15) is 5.75 Å². The third-order valence-electron chi connectivity index (χ3n) is 3.68. The lowest BCUT2D eigenvalue weighted by Gasteiger charge is -2.15. The number of benzene rings is 2. The number of para-hydroxylation sites is 2. The van der Waals surface area contributed by atoms with Gasteiger partial charge in [0.2, 0.25) is 0 Å². The summed E-state index contributed by atoms with van der Waals surface area (Å²) in [5.74, 6) is -0.283. The topological polar surface area (TPSA) is 64.6 Å². The van der Waals surface area contributed by atoms with Crippen LogP contribution in [0, 0.1) is 0 Å². The Balaban J connectivity index is 1.89. The molecule has 0 aliphatic heterocycles. The van der Waals surface area contributed by atoms with Gasteiger partial charge in [0.15, 0.2) is 6.10 Å². The number of carbonyl (C=O) groups is 2. The zero-order chi connectivity index (χ0) is 19.1. The second kappa shape index (κ2) is 9.46. The average molecular weight is 396 g/mol. The highest BCUT2D eigenvalue weighted by molar-refractivity contribution is 6.39. The molecule has 2 aromatic carbocycles. The number of nitrogens with one attached hydrogen (secondary N) is 1. The van der Waals surface area contributed by atoms with Crippen LogP contribution >= 0.6 is 23.2 Å². The number of amides is 1. The Morgan fingerprint density at radius 3 is 2.38 bits per heavy atom. The number of methoxy groups -OCH3 is 1. The Labute approximate surface area is 162 Å². The lowest BCUT2D eigenvalue weighted by atomic mass is 10.1. The van der Waals surface area contributed by atoms with E-state index >= 15 is 0 Å². The maximum absolute atomic E-state index is 12.2. The Bertz CT molecular complexity index is 775. The van der Waals surface area contributed by atoms with Crippen molar-refractivity contribution in [3.63, 3.8) is 0 Å². The van der Waals surface area contributed by atoms with Gasteiger partial charge in [-0.2, -0.15) is 0 Å². The van der Waals surface area contributed by atoms with Gasteiger partial charge in [0.25, 0.3) is 5.91 Å². The second-order valence-corrected chi connectivity index (χ2v) is 6.34.